The summed E-state index contributed by atoms with van der Waals surface area (Å²) in [6, 6.07) is 3.17. The van der Waals surface area contributed by atoms with Crippen LogP contribution in [0.15, 0.2) is 22.8 Å². The summed E-state index contributed by atoms with van der Waals surface area (Å²) < 4.78 is 18.8. The second-order valence-corrected chi connectivity index (χ2v) is 4.41. The fourth-order valence-corrected chi connectivity index (χ4v) is 2.18. The zero-order valence-electron chi connectivity index (χ0n) is 9.25. The number of ether oxygens (including phenoxy) is 1. The van der Waals surface area contributed by atoms with E-state index >= 15 is 0 Å². The second kappa shape index (κ2) is 4.41. The van der Waals surface area contributed by atoms with Gasteiger partial charge in [-0.1, -0.05) is 0 Å². The van der Waals surface area contributed by atoms with E-state index in [4.69, 9.17) is 0 Å². The first-order valence-corrected chi connectivity index (χ1v) is 5.66. The molecule has 2 aromatic rings. The molecule has 0 N–H and O–H groups in total. The largest absolute Gasteiger partial charge is 0.465 e. The van der Waals surface area contributed by atoms with E-state index in [1.807, 2.05) is 0 Å². The van der Waals surface area contributed by atoms with Gasteiger partial charge in [0, 0.05) is 16.1 Å². The SMILES string of the molecule is COC(=O)c1cnc2c(F)cc(C)cc2c1Br. The average Bonchev–Trinajstić information content (AvgIpc) is 2.29. The van der Waals surface area contributed by atoms with E-state index in [1.54, 1.807) is 13.0 Å². The van der Waals surface area contributed by atoms with Gasteiger partial charge >= 0.3 is 5.97 Å². The van der Waals surface area contributed by atoms with Crippen LogP contribution in [0.1, 0.15) is 15.9 Å². The maximum Gasteiger partial charge on any atom is 0.340 e. The summed E-state index contributed by atoms with van der Waals surface area (Å²) in [5.41, 5.74) is 1.28. The molecule has 5 heteroatoms. The summed E-state index contributed by atoms with van der Waals surface area (Å²) in [4.78, 5) is 15.4. The minimum absolute atomic E-state index is 0.232. The summed E-state index contributed by atoms with van der Waals surface area (Å²) in [7, 11) is 1.29. The number of esters is 1. The standard InChI is InChI=1S/C12H9BrFNO2/c1-6-3-7-10(13)8(12(16)17-2)5-15-11(7)9(14)4-6/h3-5H,1-2H3. The molecule has 0 radical (unpaired) electrons. The zero-order chi connectivity index (χ0) is 12.6. The van der Waals surface area contributed by atoms with Crippen LogP contribution in [0, 0.1) is 12.7 Å². The van der Waals surface area contributed by atoms with Crippen LogP contribution in [0.3, 0.4) is 0 Å². The smallest absolute Gasteiger partial charge is 0.340 e. The van der Waals surface area contributed by atoms with Crippen molar-refractivity contribution in [3.63, 3.8) is 0 Å². The van der Waals surface area contributed by atoms with Crippen molar-refractivity contribution in [2.75, 3.05) is 7.11 Å². The van der Waals surface area contributed by atoms with Crippen molar-refractivity contribution >= 4 is 32.8 Å². The zero-order valence-corrected chi connectivity index (χ0v) is 10.8. The van der Waals surface area contributed by atoms with Gasteiger partial charge in [-0.15, -0.1) is 0 Å². The van der Waals surface area contributed by atoms with Gasteiger partial charge in [-0.25, -0.2) is 9.18 Å². The number of hydrogen-bond donors (Lipinski definition) is 0. The van der Waals surface area contributed by atoms with Crippen LogP contribution in [-0.4, -0.2) is 18.1 Å². The monoisotopic (exact) mass is 297 g/mol. The lowest BCUT2D eigenvalue weighted by molar-refractivity contribution is 0.0599. The molecule has 1 aromatic heterocycles. The van der Waals surface area contributed by atoms with Gasteiger partial charge in [0.2, 0.25) is 0 Å². The van der Waals surface area contributed by atoms with Crippen LogP contribution in [0.25, 0.3) is 10.9 Å². The maximum atomic E-state index is 13.6. The van der Waals surface area contributed by atoms with Gasteiger partial charge in [0.05, 0.1) is 12.7 Å². The molecule has 2 rings (SSSR count). The van der Waals surface area contributed by atoms with E-state index in [-0.39, 0.29) is 11.1 Å². The van der Waals surface area contributed by atoms with Crippen LogP contribution in [0.2, 0.25) is 0 Å². The number of carbonyl (C=O) groups excluding carboxylic acids is 1. The highest BCUT2D eigenvalue weighted by Gasteiger charge is 2.15. The Morgan fingerprint density at radius 1 is 1.47 bits per heavy atom. The first-order chi connectivity index (χ1) is 8.04. The van der Waals surface area contributed by atoms with E-state index in [2.05, 4.69) is 25.7 Å². The normalized spacial score (nSPS) is 10.6. The molecule has 0 fully saturated rings. The molecule has 17 heavy (non-hydrogen) atoms. The number of carbonyl (C=O) groups is 1. The Labute approximate surface area is 106 Å². The lowest BCUT2D eigenvalue weighted by Crippen LogP contribution is -2.04. The van der Waals surface area contributed by atoms with E-state index in [0.29, 0.717) is 9.86 Å². The Kier molecular flexibility index (Phi) is 3.11. The quantitative estimate of drug-likeness (QED) is 0.759. The third kappa shape index (κ3) is 2.02. The molecule has 1 heterocycles. The Morgan fingerprint density at radius 2 is 2.18 bits per heavy atom. The summed E-state index contributed by atoms with van der Waals surface area (Å²) in [5.74, 6) is -0.912. The predicted octanol–water partition coefficient (Wildman–Crippen LogP) is 3.23. The molecule has 0 bridgehead atoms. The lowest BCUT2D eigenvalue weighted by Gasteiger charge is -2.07. The van der Waals surface area contributed by atoms with Crippen molar-refractivity contribution in [1.82, 2.24) is 4.98 Å². The van der Waals surface area contributed by atoms with Gasteiger partial charge < -0.3 is 4.74 Å². The Bertz CT molecular complexity index is 613. The van der Waals surface area contributed by atoms with Crippen molar-refractivity contribution in [2.45, 2.75) is 6.92 Å². The molecule has 0 saturated carbocycles. The van der Waals surface area contributed by atoms with E-state index in [0.717, 1.165) is 5.56 Å². The number of fused-ring (bicyclic) bond motifs is 1. The van der Waals surface area contributed by atoms with Crippen LogP contribution >= 0.6 is 15.9 Å². The number of halogens is 2. The number of nitrogens with zero attached hydrogens (tertiary/aromatic N) is 1. The number of pyridine rings is 1. The van der Waals surface area contributed by atoms with Crippen LogP contribution < -0.4 is 0 Å². The first-order valence-electron chi connectivity index (χ1n) is 4.87. The number of rotatable bonds is 1. The molecule has 88 valence electrons. The number of methoxy groups -OCH3 is 1. The molecule has 3 nitrogen and oxygen atoms in total. The third-order valence-electron chi connectivity index (χ3n) is 2.41. The van der Waals surface area contributed by atoms with E-state index in [9.17, 15) is 9.18 Å². The molecule has 0 spiro atoms. The van der Waals surface area contributed by atoms with Crippen molar-refractivity contribution in [2.24, 2.45) is 0 Å². The van der Waals surface area contributed by atoms with Gasteiger partial charge in [-0.3, -0.25) is 4.98 Å². The Morgan fingerprint density at radius 3 is 2.82 bits per heavy atom. The number of aryl methyl sites for hydroxylation is 1. The first kappa shape index (κ1) is 12.0. The van der Waals surface area contributed by atoms with Crippen molar-refractivity contribution in [3.05, 3.63) is 39.7 Å². The molecule has 0 aliphatic rings. The molecule has 0 unspecified atom stereocenters. The minimum atomic E-state index is -0.506. The highest BCUT2D eigenvalue weighted by atomic mass is 79.9. The Balaban J connectivity index is 2.79. The molecule has 0 aliphatic carbocycles. The fourth-order valence-electron chi connectivity index (χ4n) is 1.62. The van der Waals surface area contributed by atoms with Gasteiger partial charge in [-0.2, -0.15) is 0 Å². The number of aromatic nitrogens is 1. The molecule has 0 amide bonds. The summed E-state index contributed by atoms with van der Waals surface area (Å²) in [6.45, 7) is 1.78. The molecular formula is C12H9BrFNO2. The van der Waals surface area contributed by atoms with Gasteiger partial charge in [0.15, 0.2) is 0 Å². The summed E-state index contributed by atoms with van der Waals surface area (Å²) in [5, 5.41) is 0.561. The average molecular weight is 298 g/mol. The molecule has 0 aliphatic heterocycles. The maximum absolute atomic E-state index is 13.6. The molecular weight excluding hydrogens is 289 g/mol. The van der Waals surface area contributed by atoms with Gasteiger partial charge in [0.1, 0.15) is 11.3 Å². The fraction of sp³-hybridized carbons (Fsp3) is 0.167. The lowest BCUT2D eigenvalue weighted by atomic mass is 10.1. The van der Waals surface area contributed by atoms with Gasteiger partial charge in [0.25, 0.3) is 0 Å². The Hall–Kier alpha value is -1.49. The summed E-state index contributed by atoms with van der Waals surface area (Å²) in [6.07, 6.45) is 1.30. The van der Waals surface area contributed by atoms with E-state index in [1.165, 1.54) is 19.4 Å². The molecule has 1 aromatic carbocycles. The van der Waals surface area contributed by atoms with Crippen molar-refractivity contribution in [1.29, 1.82) is 0 Å². The van der Waals surface area contributed by atoms with Crippen LogP contribution in [-0.2, 0) is 4.74 Å². The summed E-state index contributed by atoms with van der Waals surface area (Å²) >= 11 is 3.28. The third-order valence-corrected chi connectivity index (χ3v) is 3.26. The number of benzene rings is 1. The number of hydrogen-bond acceptors (Lipinski definition) is 3. The van der Waals surface area contributed by atoms with Crippen molar-refractivity contribution in [3.8, 4) is 0 Å². The molecule has 0 atom stereocenters. The molecule has 0 saturated heterocycles. The van der Waals surface area contributed by atoms with Crippen LogP contribution in [0.5, 0.6) is 0 Å². The second-order valence-electron chi connectivity index (χ2n) is 3.62. The van der Waals surface area contributed by atoms with E-state index < -0.39 is 11.8 Å². The topological polar surface area (TPSA) is 39.2 Å². The van der Waals surface area contributed by atoms with Gasteiger partial charge in [-0.05, 0) is 40.5 Å². The predicted molar refractivity (Wildman–Crippen MR) is 65.5 cm³/mol. The minimum Gasteiger partial charge on any atom is -0.465 e. The highest BCUT2D eigenvalue weighted by molar-refractivity contribution is 9.10. The van der Waals surface area contributed by atoms with Crippen molar-refractivity contribution < 1.29 is 13.9 Å². The van der Waals surface area contributed by atoms with Crippen LogP contribution in [0.4, 0.5) is 4.39 Å². The highest BCUT2D eigenvalue weighted by Crippen LogP contribution is 2.29.